The molecule has 0 N–H and O–H groups in total. The van der Waals surface area contributed by atoms with Gasteiger partial charge in [0.05, 0.1) is 7.11 Å². The second kappa shape index (κ2) is 11.3. The topological polar surface area (TPSA) is 43.4 Å². The first-order valence-corrected chi connectivity index (χ1v) is 13.7. The van der Waals surface area contributed by atoms with Crippen molar-refractivity contribution in [1.29, 1.82) is 0 Å². The molecule has 0 atom stereocenters. The van der Waals surface area contributed by atoms with Crippen LogP contribution in [0.2, 0.25) is 0 Å². The molecule has 4 heteroatoms. The molecule has 3 rings (SSSR count). The molecule has 27 heavy (non-hydrogen) atoms. The van der Waals surface area contributed by atoms with Gasteiger partial charge in [0.25, 0.3) is 0 Å². The molecule has 0 aliphatic carbocycles. The molecule has 3 nitrogen and oxygen atoms in total. The summed E-state index contributed by atoms with van der Waals surface area (Å²) < 4.78 is 8.76. The molecule has 0 fully saturated rings. The van der Waals surface area contributed by atoms with E-state index in [2.05, 4.69) is 95.7 Å². The van der Waals surface area contributed by atoms with Gasteiger partial charge in [0.2, 0.25) is 0 Å². The number of esters is 1. The Kier molecular flexibility index (Phi) is 8.73. The number of carbonyl (C=O) groups excluding carboxylic acids is 2. The molecular formula is C23H22BiO3-. The van der Waals surface area contributed by atoms with E-state index in [0.717, 1.165) is 6.42 Å². The van der Waals surface area contributed by atoms with Crippen LogP contribution in [0.1, 0.15) is 6.92 Å². The van der Waals surface area contributed by atoms with Gasteiger partial charge in [-0.2, -0.15) is 0 Å². The van der Waals surface area contributed by atoms with Gasteiger partial charge in [-0.15, -0.1) is 0 Å². The van der Waals surface area contributed by atoms with Gasteiger partial charge in [0.1, 0.15) is 0 Å². The van der Waals surface area contributed by atoms with E-state index in [9.17, 15) is 9.59 Å². The summed E-state index contributed by atoms with van der Waals surface area (Å²) in [6.45, 7) is 1.29. The fourth-order valence-electron chi connectivity index (χ4n) is 2.40. The van der Waals surface area contributed by atoms with Crippen LogP contribution < -0.4 is 9.81 Å². The third-order valence-corrected chi connectivity index (χ3v) is 13.1. The second-order valence-corrected chi connectivity index (χ2v) is 14.3. The number of rotatable bonds is 5. The van der Waals surface area contributed by atoms with Crippen molar-refractivity contribution in [1.82, 2.24) is 0 Å². The summed E-state index contributed by atoms with van der Waals surface area (Å²) in [6.07, 6.45) is 0.889. The zero-order chi connectivity index (χ0) is 19.5. The van der Waals surface area contributed by atoms with Crippen molar-refractivity contribution in [3.05, 3.63) is 97.4 Å². The molecule has 0 heterocycles. The van der Waals surface area contributed by atoms with Crippen LogP contribution in [0.25, 0.3) is 0 Å². The van der Waals surface area contributed by atoms with E-state index in [4.69, 9.17) is 0 Å². The zero-order valence-electron chi connectivity index (χ0n) is 15.4. The predicted molar refractivity (Wildman–Crippen MR) is 111 cm³/mol. The molecule has 0 saturated carbocycles. The van der Waals surface area contributed by atoms with Crippen molar-refractivity contribution in [2.45, 2.75) is 6.92 Å². The number of carbonyl (C=O) groups is 2. The quantitative estimate of drug-likeness (QED) is 0.210. The van der Waals surface area contributed by atoms with Crippen LogP contribution in [0.15, 0.2) is 91.0 Å². The van der Waals surface area contributed by atoms with Gasteiger partial charge < -0.3 is 9.53 Å². The number of benzene rings is 3. The van der Waals surface area contributed by atoms with Gasteiger partial charge >= 0.3 is 123 Å². The molecule has 3 aromatic carbocycles. The molecule has 0 aliphatic heterocycles. The average Bonchev–Trinajstić information content (AvgIpc) is 2.71. The van der Waals surface area contributed by atoms with Crippen LogP contribution in [0.5, 0.6) is 0 Å². The summed E-state index contributed by atoms with van der Waals surface area (Å²) >= 11 is -2.06. The molecule has 0 aliphatic rings. The minimum atomic E-state index is -2.06. The Morgan fingerprint density at radius 3 is 1.26 bits per heavy atom. The summed E-state index contributed by atoms with van der Waals surface area (Å²) in [4.78, 5) is 20.2. The molecule has 0 amide bonds. The van der Waals surface area contributed by atoms with Crippen LogP contribution >= 0.6 is 0 Å². The third kappa shape index (κ3) is 6.99. The van der Waals surface area contributed by atoms with Crippen molar-refractivity contribution in [3.8, 4) is 0 Å². The number of hydrogen-bond donors (Lipinski definition) is 0. The van der Waals surface area contributed by atoms with Gasteiger partial charge in [0.15, 0.2) is 5.97 Å². The first-order valence-electron chi connectivity index (χ1n) is 8.50. The molecule has 0 bridgehead atoms. The van der Waals surface area contributed by atoms with Crippen LogP contribution in [0.4, 0.5) is 0 Å². The first-order chi connectivity index (χ1) is 13.1. The normalized spacial score (nSPS) is 9.74. The summed E-state index contributed by atoms with van der Waals surface area (Å²) in [5.74, 6) is -0.894. The molecule has 3 aromatic rings. The fourth-order valence-corrected chi connectivity index (χ4v) is 11.4. The number of ketones is 1. The summed E-state index contributed by atoms with van der Waals surface area (Å²) in [6, 6.07) is 33.0. The van der Waals surface area contributed by atoms with Crippen molar-refractivity contribution < 1.29 is 14.3 Å². The van der Waals surface area contributed by atoms with E-state index < -0.39 is 27.7 Å². The Morgan fingerprint density at radius 2 is 1.04 bits per heavy atom. The van der Waals surface area contributed by atoms with Crippen LogP contribution in [0.3, 0.4) is 0 Å². The van der Waals surface area contributed by atoms with Gasteiger partial charge in [0, 0.05) is 5.78 Å². The number of hydrogen-bond acceptors (Lipinski definition) is 3. The van der Waals surface area contributed by atoms with E-state index in [1.807, 2.05) is 0 Å². The van der Waals surface area contributed by atoms with Crippen molar-refractivity contribution >= 4 is 43.3 Å². The Balaban J connectivity index is 0.000000279. The monoisotopic (exact) mass is 555 g/mol. The van der Waals surface area contributed by atoms with Crippen LogP contribution in [0, 0.1) is 6.42 Å². The third-order valence-electron chi connectivity index (χ3n) is 3.57. The number of methoxy groups -OCH3 is 1. The average molecular weight is 555 g/mol. The Bertz CT molecular complexity index is 739. The summed E-state index contributed by atoms with van der Waals surface area (Å²) in [5.41, 5.74) is 0. The SMILES string of the molecule is COC(=O)[CH-]C(C)=O.c1cc[c]([Bi]([c]2ccccc2)[c]2ccccc2)cc1. The molecule has 0 unspecified atom stereocenters. The second-order valence-electron chi connectivity index (χ2n) is 5.62. The molecule has 0 saturated heterocycles. The number of Topliss-reactive ketones (excluding diaryl/α,β-unsaturated/α-hetero) is 1. The van der Waals surface area contributed by atoms with Crippen LogP contribution in [-0.4, -0.2) is 40.6 Å². The standard InChI is InChI=1S/3C6H5.C5H7O3.Bi/c3*1-2-4-6-5-3-1;1-4(6)3-5(7)8-2;/h3*1-5H;3H,1-2H3;/q;;;-1;. The van der Waals surface area contributed by atoms with Gasteiger partial charge in [-0.3, -0.25) is 4.79 Å². The van der Waals surface area contributed by atoms with Crippen LogP contribution in [-0.2, 0) is 14.3 Å². The molecular weight excluding hydrogens is 533 g/mol. The van der Waals surface area contributed by atoms with Crippen molar-refractivity contribution in [2.24, 2.45) is 0 Å². The molecule has 0 aromatic heterocycles. The Morgan fingerprint density at radius 1 is 0.704 bits per heavy atom. The maximum absolute atomic E-state index is 10.1. The van der Waals surface area contributed by atoms with E-state index in [1.165, 1.54) is 23.8 Å². The first kappa shape index (κ1) is 20.9. The Hall–Kier alpha value is -2.45. The molecule has 0 radical (unpaired) electrons. The number of ether oxygens (including phenoxy) is 1. The Labute approximate surface area is 168 Å². The van der Waals surface area contributed by atoms with E-state index in [-0.39, 0.29) is 5.78 Å². The zero-order valence-corrected chi connectivity index (χ0v) is 18.9. The minimum absolute atomic E-state index is 0.295. The van der Waals surface area contributed by atoms with E-state index in [1.54, 1.807) is 0 Å². The maximum atomic E-state index is 10.1. The molecule has 0 spiro atoms. The summed E-state index contributed by atoms with van der Waals surface area (Å²) in [5, 5.41) is 0. The van der Waals surface area contributed by atoms with Crippen molar-refractivity contribution in [2.75, 3.05) is 7.11 Å². The van der Waals surface area contributed by atoms with Gasteiger partial charge in [-0.05, 0) is 6.92 Å². The fraction of sp³-hybridized carbons (Fsp3) is 0.0870. The van der Waals surface area contributed by atoms with Gasteiger partial charge in [-0.1, -0.05) is 0 Å². The molecule has 138 valence electrons. The van der Waals surface area contributed by atoms with E-state index >= 15 is 0 Å². The van der Waals surface area contributed by atoms with E-state index in [0.29, 0.717) is 0 Å². The van der Waals surface area contributed by atoms with Crippen molar-refractivity contribution in [3.63, 3.8) is 0 Å². The van der Waals surface area contributed by atoms with Gasteiger partial charge in [-0.25, -0.2) is 6.42 Å². The summed E-state index contributed by atoms with van der Waals surface area (Å²) in [7, 11) is 1.22. The predicted octanol–water partition coefficient (Wildman–Crippen LogP) is 2.16.